The summed E-state index contributed by atoms with van der Waals surface area (Å²) < 4.78 is 68.4. The van der Waals surface area contributed by atoms with Crippen LogP contribution in [-0.4, -0.2) is 96.7 Å². The monoisotopic (exact) mass is 1380 g/mol. The molecule has 19 heteroatoms. The van der Waals surface area contributed by atoms with Crippen molar-refractivity contribution in [3.63, 3.8) is 0 Å². The van der Waals surface area contributed by atoms with E-state index in [9.17, 15) is 43.2 Å². The van der Waals surface area contributed by atoms with E-state index in [1.54, 1.807) is 0 Å². The van der Waals surface area contributed by atoms with Crippen LogP contribution < -0.4 is 0 Å². The van der Waals surface area contributed by atoms with Crippen molar-refractivity contribution < 1.29 is 80.2 Å². The number of esters is 4. The minimum atomic E-state index is -4.96. The SMILES string of the molecule is CCC(C)CCCCCCCCCCCCCCCCCCCCC(=O)O[C@H](COC(=O)CCCCCCCCC(C)CC)COP(=O)(O)OC[C@H](O)COP(=O)(O)OC[C@@H](COC(=O)CCCCCCCCCCC(C)CC)OC(=O)CCCCCCCCCC(C)C. The van der Waals surface area contributed by atoms with Crippen LogP contribution in [-0.2, 0) is 65.4 Å². The highest BCUT2D eigenvalue weighted by atomic mass is 31.2. The lowest BCUT2D eigenvalue weighted by Crippen LogP contribution is -2.30. The topological polar surface area (TPSA) is 237 Å². The molecular formula is C75H146O17P2. The van der Waals surface area contributed by atoms with Gasteiger partial charge in [-0.25, -0.2) is 9.13 Å². The van der Waals surface area contributed by atoms with Gasteiger partial charge in [0.05, 0.1) is 26.4 Å². The zero-order valence-electron chi connectivity index (χ0n) is 61.6. The van der Waals surface area contributed by atoms with Gasteiger partial charge in [0.2, 0.25) is 0 Å². The van der Waals surface area contributed by atoms with E-state index < -0.39 is 97.5 Å². The van der Waals surface area contributed by atoms with E-state index in [1.165, 1.54) is 173 Å². The number of aliphatic hydroxyl groups excluding tert-OH is 1. The quantitative estimate of drug-likeness (QED) is 0.0222. The summed E-state index contributed by atoms with van der Waals surface area (Å²) in [4.78, 5) is 72.7. The summed E-state index contributed by atoms with van der Waals surface area (Å²) in [6, 6.07) is 0. The first-order valence-electron chi connectivity index (χ1n) is 38.8. The molecule has 0 fully saturated rings. The molecule has 3 N–H and O–H groups in total. The van der Waals surface area contributed by atoms with Crippen LogP contribution in [0.25, 0.3) is 0 Å². The Labute approximate surface area is 575 Å². The summed E-state index contributed by atoms with van der Waals surface area (Å²) in [5.74, 6) is 0.948. The van der Waals surface area contributed by atoms with Gasteiger partial charge in [-0.2, -0.15) is 0 Å². The van der Waals surface area contributed by atoms with Gasteiger partial charge in [-0.1, -0.05) is 325 Å². The average molecular weight is 1380 g/mol. The lowest BCUT2D eigenvalue weighted by Gasteiger charge is -2.21. The molecule has 5 unspecified atom stereocenters. The van der Waals surface area contributed by atoms with Crippen molar-refractivity contribution in [2.75, 3.05) is 39.6 Å². The number of hydrogen-bond acceptors (Lipinski definition) is 15. The number of phosphoric acid groups is 2. The second-order valence-corrected chi connectivity index (χ2v) is 31.1. The van der Waals surface area contributed by atoms with E-state index >= 15 is 0 Å². The molecule has 0 amide bonds. The number of aliphatic hydroxyl groups is 1. The highest BCUT2D eigenvalue weighted by Gasteiger charge is 2.30. The number of unbranched alkanes of at least 4 members (excludes halogenated alkanes) is 35. The average Bonchev–Trinajstić information content (AvgIpc) is 1.45. The molecule has 0 heterocycles. The van der Waals surface area contributed by atoms with Crippen LogP contribution in [0, 0.1) is 23.7 Å². The van der Waals surface area contributed by atoms with Crippen LogP contribution in [0.4, 0.5) is 0 Å². The van der Waals surface area contributed by atoms with E-state index in [2.05, 4.69) is 55.4 Å². The molecule has 0 aromatic rings. The van der Waals surface area contributed by atoms with Gasteiger partial charge in [0, 0.05) is 25.7 Å². The van der Waals surface area contributed by atoms with Gasteiger partial charge in [-0.15, -0.1) is 0 Å². The Morgan fingerprint density at radius 1 is 0.298 bits per heavy atom. The standard InChI is InChI=1S/C75H146O17P2/c1-9-66(6)52-44-36-28-22-20-18-16-14-12-13-15-17-19-21-23-31-41-49-57-74(79)91-71(62-86-73(78)56-48-40-34-33-38-46-54-68(8)11-3)64-90-94(83,84)88-60-69(76)59-87-93(81,82)89-63-70(92-75(80)58-50-42-32-26-27-35-43-51-65(4)5)61-85-72(77)55-47-39-30-25-24-29-37-45-53-67(7)10-2/h65-71,76H,9-64H2,1-8H3,(H,81,82)(H,83,84)/t66?,67?,68?,69-,70-,71-/m1/s1. The number of carbonyl (C=O) groups is 4. The number of hydrogen-bond donors (Lipinski definition) is 3. The van der Waals surface area contributed by atoms with E-state index in [1.807, 2.05) is 0 Å². The first-order valence-corrected chi connectivity index (χ1v) is 41.8. The highest BCUT2D eigenvalue weighted by molar-refractivity contribution is 7.47. The summed E-state index contributed by atoms with van der Waals surface area (Å²) in [5.41, 5.74) is 0. The fourth-order valence-corrected chi connectivity index (χ4v) is 12.9. The molecule has 0 spiro atoms. The summed E-state index contributed by atoms with van der Waals surface area (Å²) in [7, 11) is -9.91. The smallest absolute Gasteiger partial charge is 0.462 e. The number of carbonyl (C=O) groups excluding carboxylic acids is 4. The van der Waals surface area contributed by atoms with Crippen LogP contribution in [0.5, 0.6) is 0 Å². The molecule has 0 saturated heterocycles. The lowest BCUT2D eigenvalue weighted by atomic mass is 9.99. The van der Waals surface area contributed by atoms with Gasteiger partial charge in [0.15, 0.2) is 12.2 Å². The first-order chi connectivity index (χ1) is 45.2. The Morgan fingerprint density at radius 3 is 0.755 bits per heavy atom. The van der Waals surface area contributed by atoms with E-state index in [0.29, 0.717) is 31.6 Å². The Balaban J connectivity index is 5.16. The van der Waals surface area contributed by atoms with Crippen molar-refractivity contribution in [1.82, 2.24) is 0 Å². The predicted molar refractivity (Wildman–Crippen MR) is 381 cm³/mol. The second kappa shape index (κ2) is 64.4. The number of ether oxygens (including phenoxy) is 4. The van der Waals surface area contributed by atoms with Crippen molar-refractivity contribution in [1.29, 1.82) is 0 Å². The largest absolute Gasteiger partial charge is 0.472 e. The third-order valence-electron chi connectivity index (χ3n) is 18.4. The maximum Gasteiger partial charge on any atom is 0.472 e. The Morgan fingerprint density at radius 2 is 0.511 bits per heavy atom. The molecule has 0 aliphatic rings. The number of rotatable bonds is 72. The highest BCUT2D eigenvalue weighted by Crippen LogP contribution is 2.45. The minimum Gasteiger partial charge on any atom is -0.462 e. The van der Waals surface area contributed by atoms with E-state index in [0.717, 1.165) is 114 Å². The van der Waals surface area contributed by atoms with Gasteiger partial charge < -0.3 is 33.8 Å². The molecule has 0 saturated carbocycles. The van der Waals surface area contributed by atoms with Crippen LogP contribution in [0.3, 0.4) is 0 Å². The molecule has 0 rings (SSSR count). The molecule has 0 aliphatic carbocycles. The van der Waals surface area contributed by atoms with Crippen molar-refractivity contribution in [3.05, 3.63) is 0 Å². The van der Waals surface area contributed by atoms with Crippen molar-refractivity contribution >= 4 is 39.5 Å². The number of phosphoric ester groups is 2. The maximum atomic E-state index is 13.1. The Bertz CT molecular complexity index is 1860. The van der Waals surface area contributed by atoms with Gasteiger partial charge in [0.1, 0.15) is 19.3 Å². The predicted octanol–water partition coefficient (Wildman–Crippen LogP) is 21.7. The fourth-order valence-electron chi connectivity index (χ4n) is 11.3. The third-order valence-corrected chi connectivity index (χ3v) is 20.3. The summed E-state index contributed by atoms with van der Waals surface area (Å²) in [6.07, 6.45) is 48.8. The summed E-state index contributed by atoms with van der Waals surface area (Å²) >= 11 is 0. The minimum absolute atomic E-state index is 0.103. The molecular weight excluding hydrogens is 1230 g/mol. The molecule has 0 aromatic carbocycles. The van der Waals surface area contributed by atoms with Crippen LogP contribution in [0.1, 0.15) is 376 Å². The van der Waals surface area contributed by atoms with E-state index in [4.69, 9.17) is 37.0 Å². The molecule has 0 bridgehead atoms. The third kappa shape index (κ3) is 64.7. The normalized spacial score (nSPS) is 15.0. The first kappa shape index (κ1) is 92.1. The molecule has 8 atom stereocenters. The summed E-state index contributed by atoms with van der Waals surface area (Å²) in [5, 5.41) is 10.6. The van der Waals surface area contributed by atoms with Gasteiger partial charge in [0.25, 0.3) is 0 Å². The van der Waals surface area contributed by atoms with Crippen LogP contribution in [0.15, 0.2) is 0 Å². The molecule has 94 heavy (non-hydrogen) atoms. The van der Waals surface area contributed by atoms with Gasteiger partial charge >= 0.3 is 39.5 Å². The molecule has 0 aliphatic heterocycles. The van der Waals surface area contributed by atoms with Crippen molar-refractivity contribution in [3.8, 4) is 0 Å². The van der Waals surface area contributed by atoms with Crippen LogP contribution >= 0.6 is 15.6 Å². The molecule has 0 aromatic heterocycles. The fraction of sp³-hybridized carbons (Fsp3) is 0.947. The van der Waals surface area contributed by atoms with Crippen molar-refractivity contribution in [2.45, 2.75) is 395 Å². The van der Waals surface area contributed by atoms with Crippen LogP contribution in [0.2, 0.25) is 0 Å². The van der Waals surface area contributed by atoms with Gasteiger partial charge in [-0.3, -0.25) is 37.3 Å². The zero-order valence-corrected chi connectivity index (χ0v) is 63.4. The van der Waals surface area contributed by atoms with E-state index in [-0.39, 0.29) is 25.7 Å². The summed E-state index contributed by atoms with van der Waals surface area (Å²) in [6.45, 7) is 14.1. The molecule has 558 valence electrons. The Hall–Kier alpha value is -1.94. The molecule has 0 radical (unpaired) electrons. The lowest BCUT2D eigenvalue weighted by molar-refractivity contribution is -0.161. The maximum absolute atomic E-state index is 13.1. The van der Waals surface area contributed by atoms with Gasteiger partial charge in [-0.05, 0) is 49.4 Å². The molecule has 17 nitrogen and oxygen atoms in total. The zero-order chi connectivity index (χ0) is 69.6. The van der Waals surface area contributed by atoms with Crippen molar-refractivity contribution in [2.24, 2.45) is 23.7 Å². The Kier molecular flexibility index (Phi) is 63.1. The second-order valence-electron chi connectivity index (χ2n) is 28.2.